The summed E-state index contributed by atoms with van der Waals surface area (Å²) in [7, 11) is 0. The van der Waals surface area contributed by atoms with Gasteiger partial charge in [-0.2, -0.15) is 0 Å². The number of hydrogen-bond donors (Lipinski definition) is 1. The Balaban J connectivity index is 3.12. The van der Waals surface area contributed by atoms with E-state index in [-0.39, 0.29) is 0 Å². The normalized spacial score (nSPS) is 11.1. The smallest absolute Gasteiger partial charge is 0.140 e. The topological polar surface area (TPSA) is 51.8 Å². The summed E-state index contributed by atoms with van der Waals surface area (Å²) in [6.45, 7) is 6.50. The molecular weight excluding hydrogens is 313 g/mol. The lowest BCUT2D eigenvalue weighted by Gasteiger charge is -2.14. The molecule has 0 aliphatic rings. The van der Waals surface area contributed by atoms with Gasteiger partial charge in [0.2, 0.25) is 0 Å². The second-order valence-corrected chi connectivity index (χ2v) is 5.07. The summed E-state index contributed by atoms with van der Waals surface area (Å²) in [5, 5.41) is 0. The van der Waals surface area contributed by atoms with E-state index in [1.54, 1.807) is 0 Å². The zero-order valence-corrected chi connectivity index (χ0v) is 12.4. The molecule has 0 aliphatic heterocycles. The van der Waals surface area contributed by atoms with Crippen molar-refractivity contribution in [3.8, 4) is 0 Å². The zero-order valence-electron chi connectivity index (χ0n) is 10.3. The molecule has 0 saturated carbocycles. The Morgan fingerprint density at radius 2 is 1.81 bits per heavy atom. The minimum Gasteiger partial charge on any atom is -0.383 e. The van der Waals surface area contributed by atoms with Gasteiger partial charge in [-0.15, -0.1) is 0 Å². The number of nitrogens with two attached hydrogens (primary N) is 1. The predicted octanol–water partition coefficient (Wildman–Crippen LogP) is 3.52. The fraction of sp³-hybridized carbons (Fsp3) is 0.667. The largest absolute Gasteiger partial charge is 0.383 e. The van der Waals surface area contributed by atoms with Gasteiger partial charge in [-0.25, -0.2) is 9.97 Å². The Morgan fingerprint density at radius 1 is 1.19 bits per heavy atom. The van der Waals surface area contributed by atoms with Crippen LogP contribution >= 0.6 is 22.6 Å². The van der Waals surface area contributed by atoms with Gasteiger partial charge in [0.25, 0.3) is 0 Å². The monoisotopic (exact) mass is 333 g/mol. The quantitative estimate of drug-likeness (QED) is 0.839. The Labute approximate surface area is 111 Å². The summed E-state index contributed by atoms with van der Waals surface area (Å²) in [4.78, 5) is 9.08. The first kappa shape index (κ1) is 13.7. The molecule has 1 aromatic rings. The van der Waals surface area contributed by atoms with Gasteiger partial charge in [0.1, 0.15) is 11.6 Å². The third-order valence-corrected chi connectivity index (χ3v) is 3.98. The molecule has 0 atom stereocenters. The second-order valence-electron chi connectivity index (χ2n) is 3.99. The molecule has 1 rings (SSSR count). The highest BCUT2D eigenvalue weighted by Gasteiger charge is 2.15. The molecule has 2 N–H and O–H groups in total. The fourth-order valence-electron chi connectivity index (χ4n) is 1.77. The molecule has 0 bridgehead atoms. The fourth-order valence-corrected chi connectivity index (χ4v) is 2.28. The van der Waals surface area contributed by atoms with Crippen LogP contribution in [-0.4, -0.2) is 9.97 Å². The van der Waals surface area contributed by atoms with E-state index >= 15 is 0 Å². The van der Waals surface area contributed by atoms with Gasteiger partial charge in [0.05, 0.1) is 9.26 Å². The van der Waals surface area contributed by atoms with Crippen LogP contribution in [0, 0.1) is 3.57 Å². The Bertz CT molecular complexity index is 348. The van der Waals surface area contributed by atoms with Crippen LogP contribution < -0.4 is 5.73 Å². The average Bonchev–Trinajstić information content (AvgIpc) is 2.27. The molecular formula is C12H20IN3. The molecule has 4 heteroatoms. The lowest BCUT2D eigenvalue weighted by atomic mass is 10.0. The maximum absolute atomic E-state index is 5.94. The third-order valence-electron chi connectivity index (χ3n) is 2.80. The van der Waals surface area contributed by atoms with Crippen molar-refractivity contribution >= 4 is 28.4 Å². The van der Waals surface area contributed by atoms with Crippen molar-refractivity contribution in [3.63, 3.8) is 0 Å². The molecule has 90 valence electrons. The molecule has 0 fully saturated rings. The van der Waals surface area contributed by atoms with Crippen molar-refractivity contribution in [2.24, 2.45) is 0 Å². The molecule has 0 amide bonds. The summed E-state index contributed by atoms with van der Waals surface area (Å²) in [6.07, 6.45) is 4.22. The van der Waals surface area contributed by atoms with E-state index in [2.05, 4.69) is 53.3 Å². The van der Waals surface area contributed by atoms with Crippen LogP contribution in [0.2, 0.25) is 0 Å². The summed E-state index contributed by atoms with van der Waals surface area (Å²) in [5.74, 6) is 2.00. The molecule has 1 aromatic heterocycles. The van der Waals surface area contributed by atoms with Crippen LogP contribution in [0.25, 0.3) is 0 Å². The molecule has 0 saturated heterocycles. The zero-order chi connectivity index (χ0) is 12.1. The molecule has 0 aliphatic carbocycles. The van der Waals surface area contributed by atoms with Gasteiger partial charge in [-0.3, -0.25) is 0 Å². The van der Waals surface area contributed by atoms with Crippen LogP contribution in [0.4, 0.5) is 5.82 Å². The lowest BCUT2D eigenvalue weighted by Crippen LogP contribution is -2.10. The highest BCUT2D eigenvalue weighted by Crippen LogP contribution is 2.24. The van der Waals surface area contributed by atoms with Crippen molar-refractivity contribution in [1.82, 2.24) is 9.97 Å². The van der Waals surface area contributed by atoms with Gasteiger partial charge in [-0.05, 0) is 41.9 Å². The number of halogens is 1. The number of anilines is 1. The van der Waals surface area contributed by atoms with Gasteiger partial charge in [-0.1, -0.05) is 27.2 Å². The number of aromatic nitrogens is 2. The van der Waals surface area contributed by atoms with Crippen molar-refractivity contribution < 1.29 is 0 Å². The number of nitrogen functional groups attached to an aromatic ring is 1. The second kappa shape index (κ2) is 6.37. The van der Waals surface area contributed by atoms with Crippen LogP contribution in [-0.2, 0) is 6.42 Å². The van der Waals surface area contributed by atoms with Crippen molar-refractivity contribution in [3.05, 3.63) is 15.1 Å². The first-order valence-electron chi connectivity index (χ1n) is 5.95. The first-order valence-corrected chi connectivity index (χ1v) is 7.03. The Kier molecular flexibility index (Phi) is 5.44. The highest BCUT2D eigenvalue weighted by atomic mass is 127. The summed E-state index contributed by atoms with van der Waals surface area (Å²) < 4.78 is 1.02. The van der Waals surface area contributed by atoms with E-state index in [0.29, 0.717) is 11.7 Å². The molecule has 0 aromatic carbocycles. The van der Waals surface area contributed by atoms with Crippen LogP contribution in [0.5, 0.6) is 0 Å². The van der Waals surface area contributed by atoms with Crippen molar-refractivity contribution in [2.75, 3.05) is 5.73 Å². The average molecular weight is 333 g/mol. The predicted molar refractivity (Wildman–Crippen MR) is 76.5 cm³/mol. The highest BCUT2D eigenvalue weighted by molar-refractivity contribution is 14.1. The number of aryl methyl sites for hydroxylation is 1. The lowest BCUT2D eigenvalue weighted by molar-refractivity contribution is 0.597. The first-order chi connectivity index (χ1) is 7.63. The SMILES string of the molecule is CCCc1nc(C(CC)CC)nc(N)c1I. The number of hydrogen-bond acceptors (Lipinski definition) is 3. The van der Waals surface area contributed by atoms with Gasteiger partial charge in [0, 0.05) is 5.92 Å². The third kappa shape index (κ3) is 3.06. The van der Waals surface area contributed by atoms with E-state index in [0.717, 1.165) is 40.8 Å². The number of nitrogens with zero attached hydrogens (tertiary/aromatic N) is 2. The van der Waals surface area contributed by atoms with E-state index < -0.39 is 0 Å². The van der Waals surface area contributed by atoms with Crippen LogP contribution in [0.1, 0.15) is 57.5 Å². The van der Waals surface area contributed by atoms with E-state index in [9.17, 15) is 0 Å². The summed E-state index contributed by atoms with van der Waals surface area (Å²) in [5.41, 5.74) is 7.05. The molecule has 1 heterocycles. The molecule has 0 radical (unpaired) electrons. The Hall–Kier alpha value is -0.390. The minimum atomic E-state index is 0.440. The minimum absolute atomic E-state index is 0.440. The molecule has 16 heavy (non-hydrogen) atoms. The van der Waals surface area contributed by atoms with Gasteiger partial charge in [0.15, 0.2) is 0 Å². The van der Waals surface area contributed by atoms with Gasteiger partial charge < -0.3 is 5.73 Å². The molecule has 0 unspecified atom stereocenters. The Morgan fingerprint density at radius 3 is 2.31 bits per heavy atom. The molecule has 3 nitrogen and oxygen atoms in total. The van der Waals surface area contributed by atoms with Crippen molar-refractivity contribution in [2.45, 2.75) is 52.4 Å². The van der Waals surface area contributed by atoms with Crippen molar-refractivity contribution in [1.29, 1.82) is 0 Å². The maximum atomic E-state index is 5.94. The van der Waals surface area contributed by atoms with E-state index in [4.69, 9.17) is 5.73 Å². The van der Waals surface area contributed by atoms with E-state index in [1.165, 1.54) is 0 Å². The maximum Gasteiger partial charge on any atom is 0.140 e. The summed E-state index contributed by atoms with van der Waals surface area (Å²) in [6, 6.07) is 0. The summed E-state index contributed by atoms with van der Waals surface area (Å²) >= 11 is 2.24. The van der Waals surface area contributed by atoms with Crippen LogP contribution in [0.3, 0.4) is 0 Å². The van der Waals surface area contributed by atoms with Gasteiger partial charge >= 0.3 is 0 Å². The standard InChI is InChI=1S/C12H20IN3/c1-4-7-9-10(13)11(14)16-12(15-9)8(5-2)6-3/h8H,4-7H2,1-3H3,(H2,14,15,16). The number of rotatable bonds is 5. The molecule has 0 spiro atoms. The van der Waals surface area contributed by atoms with E-state index in [1.807, 2.05) is 0 Å². The van der Waals surface area contributed by atoms with Crippen LogP contribution in [0.15, 0.2) is 0 Å².